The van der Waals surface area contributed by atoms with Crippen LogP contribution in [0.3, 0.4) is 0 Å². The van der Waals surface area contributed by atoms with Crippen LogP contribution < -0.4 is 10.1 Å². The molecule has 8 nitrogen and oxygen atoms in total. The molecule has 0 aliphatic heterocycles. The number of nitrogens with one attached hydrogen (secondary N) is 1. The average molecular weight is 312 g/mol. The summed E-state index contributed by atoms with van der Waals surface area (Å²) in [6.07, 6.45) is 3.28. The number of nitrogens with zero attached hydrogens (tertiary/aromatic N) is 5. The van der Waals surface area contributed by atoms with E-state index in [1.54, 1.807) is 42.8 Å². The summed E-state index contributed by atoms with van der Waals surface area (Å²) in [5, 5.41) is 14.8. The third kappa shape index (κ3) is 2.91. The van der Waals surface area contributed by atoms with Crippen LogP contribution in [-0.4, -0.2) is 37.8 Å². The number of hydrogen-bond donors (Lipinski definition) is 1. The van der Waals surface area contributed by atoms with Crippen molar-refractivity contribution in [3.63, 3.8) is 0 Å². The van der Waals surface area contributed by atoms with E-state index in [0.717, 1.165) is 11.4 Å². The van der Waals surface area contributed by atoms with E-state index in [-0.39, 0.29) is 11.6 Å². The van der Waals surface area contributed by atoms with Crippen LogP contribution in [0.1, 0.15) is 16.2 Å². The number of carbonyl (C=O) groups excluding carboxylic acids is 1. The third-order valence-electron chi connectivity index (χ3n) is 3.39. The normalized spacial score (nSPS) is 10.6. The molecular formula is C15H16N6O2. The van der Waals surface area contributed by atoms with E-state index in [4.69, 9.17) is 4.74 Å². The van der Waals surface area contributed by atoms with Crippen molar-refractivity contribution >= 4 is 11.6 Å². The molecule has 0 bridgehead atoms. The molecular weight excluding hydrogens is 296 g/mol. The minimum Gasteiger partial charge on any atom is -0.497 e. The Morgan fingerprint density at radius 2 is 2.00 bits per heavy atom. The van der Waals surface area contributed by atoms with Gasteiger partial charge in [-0.25, -0.2) is 4.68 Å². The second kappa shape index (κ2) is 5.91. The van der Waals surface area contributed by atoms with Crippen molar-refractivity contribution in [2.24, 2.45) is 7.05 Å². The smallest absolute Gasteiger partial charge is 0.278 e. The lowest BCUT2D eigenvalue weighted by Crippen LogP contribution is -2.13. The molecule has 0 saturated carbocycles. The Morgan fingerprint density at radius 3 is 2.61 bits per heavy atom. The molecule has 0 saturated heterocycles. The minimum atomic E-state index is -0.324. The standard InChI is InChI=1S/C15H16N6O2/c1-10-14(15(22)17-11-8-16-20(2)9-11)18-19-21(10)12-4-6-13(23-3)7-5-12/h4-9H,1-3H3,(H,17,22). The molecule has 1 aromatic carbocycles. The first-order chi connectivity index (χ1) is 11.1. The maximum atomic E-state index is 12.3. The summed E-state index contributed by atoms with van der Waals surface area (Å²) in [5.74, 6) is 0.427. The van der Waals surface area contributed by atoms with Gasteiger partial charge < -0.3 is 10.1 Å². The summed E-state index contributed by atoms with van der Waals surface area (Å²) in [4.78, 5) is 12.3. The highest BCUT2D eigenvalue weighted by Crippen LogP contribution is 2.17. The molecule has 0 aliphatic rings. The monoisotopic (exact) mass is 312 g/mol. The molecule has 1 amide bonds. The van der Waals surface area contributed by atoms with Gasteiger partial charge in [0.1, 0.15) is 5.75 Å². The summed E-state index contributed by atoms with van der Waals surface area (Å²) in [6, 6.07) is 7.35. The number of anilines is 1. The van der Waals surface area contributed by atoms with Gasteiger partial charge in [0.05, 0.1) is 30.4 Å². The molecule has 2 aromatic heterocycles. The molecule has 8 heteroatoms. The summed E-state index contributed by atoms with van der Waals surface area (Å²) in [5.41, 5.74) is 2.33. The van der Waals surface area contributed by atoms with E-state index in [1.165, 1.54) is 0 Å². The Labute approximate surface area is 132 Å². The van der Waals surface area contributed by atoms with Gasteiger partial charge in [-0.15, -0.1) is 5.10 Å². The molecule has 0 spiro atoms. The van der Waals surface area contributed by atoms with Crippen LogP contribution in [0.25, 0.3) is 5.69 Å². The van der Waals surface area contributed by atoms with Crippen molar-refractivity contribution in [3.8, 4) is 11.4 Å². The van der Waals surface area contributed by atoms with E-state index in [0.29, 0.717) is 11.4 Å². The van der Waals surface area contributed by atoms with Crippen molar-refractivity contribution in [2.45, 2.75) is 6.92 Å². The maximum absolute atomic E-state index is 12.3. The van der Waals surface area contributed by atoms with E-state index < -0.39 is 0 Å². The summed E-state index contributed by atoms with van der Waals surface area (Å²) < 4.78 is 8.35. The SMILES string of the molecule is COc1ccc(-n2nnc(C(=O)Nc3cnn(C)c3)c2C)cc1. The summed E-state index contributed by atoms with van der Waals surface area (Å²) >= 11 is 0. The van der Waals surface area contributed by atoms with Crippen LogP contribution in [0.15, 0.2) is 36.7 Å². The largest absolute Gasteiger partial charge is 0.497 e. The van der Waals surface area contributed by atoms with E-state index in [9.17, 15) is 4.79 Å². The van der Waals surface area contributed by atoms with Crippen molar-refractivity contribution in [3.05, 3.63) is 48.0 Å². The highest BCUT2D eigenvalue weighted by molar-refractivity contribution is 6.03. The Balaban J connectivity index is 1.84. The quantitative estimate of drug-likeness (QED) is 0.790. The van der Waals surface area contributed by atoms with Gasteiger partial charge in [0.2, 0.25) is 0 Å². The zero-order chi connectivity index (χ0) is 16.4. The van der Waals surface area contributed by atoms with Crippen molar-refractivity contribution in [2.75, 3.05) is 12.4 Å². The Hall–Kier alpha value is -3.16. The molecule has 0 fully saturated rings. The van der Waals surface area contributed by atoms with Gasteiger partial charge in [-0.1, -0.05) is 5.21 Å². The van der Waals surface area contributed by atoms with Crippen LogP contribution in [0.4, 0.5) is 5.69 Å². The fourth-order valence-corrected chi connectivity index (χ4v) is 2.18. The van der Waals surface area contributed by atoms with Crippen LogP contribution in [0.5, 0.6) is 5.75 Å². The van der Waals surface area contributed by atoms with Crippen LogP contribution in [0, 0.1) is 6.92 Å². The first-order valence-electron chi connectivity index (χ1n) is 6.95. The van der Waals surface area contributed by atoms with Gasteiger partial charge in [-0.05, 0) is 31.2 Å². The number of benzene rings is 1. The van der Waals surface area contributed by atoms with Crippen molar-refractivity contribution in [1.82, 2.24) is 24.8 Å². The van der Waals surface area contributed by atoms with E-state index in [1.807, 2.05) is 24.3 Å². The Kier molecular flexibility index (Phi) is 3.80. The molecule has 3 aromatic rings. The molecule has 0 unspecified atom stereocenters. The number of amides is 1. The zero-order valence-corrected chi connectivity index (χ0v) is 13.0. The Bertz CT molecular complexity index is 834. The second-order valence-corrected chi connectivity index (χ2v) is 4.99. The average Bonchev–Trinajstić information content (AvgIpc) is 3.13. The van der Waals surface area contributed by atoms with Gasteiger partial charge in [-0.2, -0.15) is 5.10 Å². The molecule has 23 heavy (non-hydrogen) atoms. The third-order valence-corrected chi connectivity index (χ3v) is 3.39. The first-order valence-corrected chi connectivity index (χ1v) is 6.95. The highest BCUT2D eigenvalue weighted by Gasteiger charge is 2.18. The number of methoxy groups -OCH3 is 1. The fourth-order valence-electron chi connectivity index (χ4n) is 2.18. The fraction of sp³-hybridized carbons (Fsp3) is 0.200. The molecule has 0 aliphatic carbocycles. The second-order valence-electron chi connectivity index (χ2n) is 4.99. The topological polar surface area (TPSA) is 86.9 Å². The maximum Gasteiger partial charge on any atom is 0.278 e. The number of aryl methyl sites for hydroxylation is 1. The predicted octanol–water partition coefficient (Wildman–Crippen LogP) is 1.57. The number of ether oxygens (including phenoxy) is 1. The highest BCUT2D eigenvalue weighted by atomic mass is 16.5. The van der Waals surface area contributed by atoms with Crippen molar-refractivity contribution < 1.29 is 9.53 Å². The number of carbonyl (C=O) groups is 1. The predicted molar refractivity (Wildman–Crippen MR) is 83.8 cm³/mol. The van der Waals surface area contributed by atoms with Gasteiger partial charge in [-0.3, -0.25) is 9.48 Å². The van der Waals surface area contributed by atoms with Gasteiger partial charge >= 0.3 is 0 Å². The Morgan fingerprint density at radius 1 is 1.26 bits per heavy atom. The lowest BCUT2D eigenvalue weighted by Gasteiger charge is -2.05. The van der Waals surface area contributed by atoms with E-state index in [2.05, 4.69) is 20.7 Å². The van der Waals surface area contributed by atoms with E-state index >= 15 is 0 Å². The molecule has 1 N–H and O–H groups in total. The lowest BCUT2D eigenvalue weighted by atomic mass is 10.2. The zero-order valence-electron chi connectivity index (χ0n) is 13.0. The molecule has 0 radical (unpaired) electrons. The molecule has 0 atom stereocenters. The molecule has 2 heterocycles. The van der Waals surface area contributed by atoms with Crippen LogP contribution in [-0.2, 0) is 7.05 Å². The molecule has 118 valence electrons. The van der Waals surface area contributed by atoms with Gasteiger partial charge in [0.15, 0.2) is 5.69 Å². The first kappa shape index (κ1) is 14.8. The minimum absolute atomic E-state index is 0.268. The lowest BCUT2D eigenvalue weighted by molar-refractivity contribution is 0.102. The van der Waals surface area contributed by atoms with Crippen LogP contribution in [0.2, 0.25) is 0 Å². The van der Waals surface area contributed by atoms with Gasteiger partial charge in [0.25, 0.3) is 5.91 Å². The van der Waals surface area contributed by atoms with Crippen molar-refractivity contribution in [1.29, 1.82) is 0 Å². The summed E-state index contributed by atoms with van der Waals surface area (Å²) in [7, 11) is 3.39. The molecule has 3 rings (SSSR count). The van der Waals surface area contributed by atoms with Gasteiger partial charge in [0, 0.05) is 13.2 Å². The number of aromatic nitrogens is 5. The summed E-state index contributed by atoms with van der Waals surface area (Å²) in [6.45, 7) is 1.79. The number of rotatable bonds is 4. The van der Waals surface area contributed by atoms with Crippen LogP contribution >= 0.6 is 0 Å². The number of hydrogen-bond acceptors (Lipinski definition) is 5.